The van der Waals surface area contributed by atoms with Gasteiger partial charge in [-0.3, -0.25) is 4.79 Å². The van der Waals surface area contributed by atoms with Crippen molar-refractivity contribution in [1.82, 2.24) is 5.32 Å². The predicted octanol–water partition coefficient (Wildman–Crippen LogP) is 6.40. The largest absolute Gasteiger partial charge is 0.345 e. The Morgan fingerprint density at radius 2 is 1.54 bits per heavy atom. The molecule has 0 aliphatic heterocycles. The summed E-state index contributed by atoms with van der Waals surface area (Å²) in [6.45, 7) is 8.39. The summed E-state index contributed by atoms with van der Waals surface area (Å²) >= 11 is 1.70. The van der Waals surface area contributed by atoms with Crippen LogP contribution in [0.4, 0.5) is 0 Å². The fourth-order valence-electron chi connectivity index (χ4n) is 3.32. The molecule has 3 rings (SSSR count). The van der Waals surface area contributed by atoms with Crippen LogP contribution in [0.25, 0.3) is 0 Å². The molecule has 0 saturated heterocycles. The van der Waals surface area contributed by atoms with Crippen molar-refractivity contribution in [3.63, 3.8) is 0 Å². The number of benzene rings is 3. The van der Waals surface area contributed by atoms with Gasteiger partial charge in [-0.2, -0.15) is 0 Å². The average Bonchev–Trinajstić information content (AvgIpc) is 2.70. The van der Waals surface area contributed by atoms with Crippen LogP contribution in [0.15, 0.2) is 71.6 Å². The van der Waals surface area contributed by atoms with Crippen molar-refractivity contribution in [2.24, 2.45) is 0 Å². The first kappa shape index (κ1) is 20.2. The van der Waals surface area contributed by atoms with Crippen molar-refractivity contribution in [2.45, 2.75) is 44.4 Å². The van der Waals surface area contributed by atoms with Crippen molar-refractivity contribution in [2.75, 3.05) is 0 Å². The lowest BCUT2D eigenvalue weighted by atomic mass is 9.96. The molecule has 1 N–H and O–H groups in total. The van der Waals surface area contributed by atoms with Crippen LogP contribution in [0.1, 0.15) is 51.1 Å². The Labute approximate surface area is 172 Å². The van der Waals surface area contributed by atoms with Crippen LogP contribution in [-0.4, -0.2) is 5.91 Å². The van der Waals surface area contributed by atoms with Gasteiger partial charge in [-0.05, 0) is 67.6 Å². The lowest BCUT2D eigenvalue weighted by molar-refractivity contribution is 0.0937. The summed E-state index contributed by atoms with van der Waals surface area (Å²) in [4.78, 5) is 14.0. The minimum Gasteiger partial charge on any atom is -0.345 e. The van der Waals surface area contributed by atoms with E-state index < -0.39 is 0 Å². The van der Waals surface area contributed by atoms with Crippen molar-refractivity contribution in [3.8, 4) is 0 Å². The molecule has 144 valence electrons. The number of hydrogen-bond acceptors (Lipinski definition) is 2. The molecule has 0 aromatic heterocycles. The topological polar surface area (TPSA) is 29.1 Å². The fourth-order valence-corrected chi connectivity index (χ4v) is 4.32. The van der Waals surface area contributed by atoms with Gasteiger partial charge in [0, 0.05) is 10.6 Å². The van der Waals surface area contributed by atoms with E-state index in [0.717, 1.165) is 16.2 Å². The van der Waals surface area contributed by atoms with E-state index in [1.807, 2.05) is 42.5 Å². The molecule has 0 bridgehead atoms. The second-order valence-electron chi connectivity index (χ2n) is 7.26. The molecule has 0 aliphatic rings. The molecule has 3 aromatic rings. The molecule has 28 heavy (non-hydrogen) atoms. The Bertz CT molecular complexity index is 966. The standard InChI is InChI=1S/C25H27NOS/c1-17-14-19(3)23(15-18(17)2)20(4)26-25(27)22-12-8-9-13-24(22)28-16-21-10-6-5-7-11-21/h5-15,20H,16H2,1-4H3,(H,26,27)/t20-/m1/s1. The molecule has 2 nitrogen and oxygen atoms in total. The minimum absolute atomic E-state index is 0.0266. The molecule has 0 radical (unpaired) electrons. The van der Waals surface area contributed by atoms with E-state index in [4.69, 9.17) is 0 Å². The quantitative estimate of drug-likeness (QED) is 0.495. The van der Waals surface area contributed by atoms with Gasteiger partial charge in [0.1, 0.15) is 0 Å². The summed E-state index contributed by atoms with van der Waals surface area (Å²) in [5.41, 5.74) is 6.90. The highest BCUT2D eigenvalue weighted by molar-refractivity contribution is 7.98. The van der Waals surface area contributed by atoms with Gasteiger partial charge in [-0.15, -0.1) is 11.8 Å². The second kappa shape index (κ2) is 9.11. The van der Waals surface area contributed by atoms with Crippen LogP contribution in [0.5, 0.6) is 0 Å². The first-order valence-electron chi connectivity index (χ1n) is 9.60. The number of carbonyl (C=O) groups is 1. The number of aryl methyl sites for hydroxylation is 3. The molecule has 0 fully saturated rings. The Morgan fingerprint density at radius 1 is 0.893 bits per heavy atom. The van der Waals surface area contributed by atoms with Crippen molar-refractivity contribution in [3.05, 3.63) is 100 Å². The van der Waals surface area contributed by atoms with E-state index in [1.54, 1.807) is 11.8 Å². The summed E-state index contributed by atoms with van der Waals surface area (Å²) in [7, 11) is 0. The predicted molar refractivity (Wildman–Crippen MR) is 119 cm³/mol. The number of hydrogen-bond donors (Lipinski definition) is 1. The molecular formula is C25H27NOS. The number of nitrogens with one attached hydrogen (secondary N) is 1. The second-order valence-corrected chi connectivity index (χ2v) is 8.28. The number of carbonyl (C=O) groups excluding carboxylic acids is 1. The third-order valence-electron chi connectivity index (χ3n) is 5.07. The Kier molecular flexibility index (Phi) is 6.58. The maximum atomic E-state index is 13.0. The van der Waals surface area contributed by atoms with Gasteiger partial charge in [0.15, 0.2) is 0 Å². The maximum absolute atomic E-state index is 13.0. The van der Waals surface area contributed by atoms with Crippen molar-refractivity contribution in [1.29, 1.82) is 0 Å². The van der Waals surface area contributed by atoms with Gasteiger partial charge in [0.05, 0.1) is 11.6 Å². The third-order valence-corrected chi connectivity index (χ3v) is 6.21. The van der Waals surface area contributed by atoms with Gasteiger partial charge < -0.3 is 5.32 Å². The highest BCUT2D eigenvalue weighted by Gasteiger charge is 2.16. The maximum Gasteiger partial charge on any atom is 0.252 e. The van der Waals surface area contributed by atoms with Gasteiger partial charge in [0.2, 0.25) is 0 Å². The summed E-state index contributed by atoms with van der Waals surface area (Å²) < 4.78 is 0. The molecule has 3 aromatic carbocycles. The molecule has 1 amide bonds. The van der Waals surface area contributed by atoms with E-state index in [1.165, 1.54) is 27.8 Å². The van der Waals surface area contributed by atoms with Crippen molar-refractivity contribution < 1.29 is 4.79 Å². The molecule has 0 unspecified atom stereocenters. The monoisotopic (exact) mass is 389 g/mol. The van der Waals surface area contributed by atoms with Crippen LogP contribution in [0.2, 0.25) is 0 Å². The van der Waals surface area contributed by atoms with Crippen LogP contribution >= 0.6 is 11.8 Å². The number of amides is 1. The molecule has 0 spiro atoms. The van der Waals surface area contributed by atoms with E-state index >= 15 is 0 Å². The molecule has 0 heterocycles. The highest BCUT2D eigenvalue weighted by atomic mass is 32.2. The van der Waals surface area contributed by atoms with Gasteiger partial charge in [-0.1, -0.05) is 54.6 Å². The molecule has 1 atom stereocenters. The van der Waals surface area contributed by atoms with Crippen LogP contribution in [-0.2, 0) is 5.75 Å². The van der Waals surface area contributed by atoms with Gasteiger partial charge in [-0.25, -0.2) is 0 Å². The smallest absolute Gasteiger partial charge is 0.252 e. The van der Waals surface area contributed by atoms with Crippen LogP contribution in [0, 0.1) is 20.8 Å². The molecule has 3 heteroatoms. The molecule has 0 saturated carbocycles. The zero-order chi connectivity index (χ0) is 20.1. The summed E-state index contributed by atoms with van der Waals surface area (Å²) in [6, 6.07) is 22.5. The van der Waals surface area contributed by atoms with E-state index in [9.17, 15) is 4.79 Å². The minimum atomic E-state index is -0.0426. The fraction of sp³-hybridized carbons (Fsp3) is 0.240. The summed E-state index contributed by atoms with van der Waals surface area (Å²) in [5.74, 6) is 0.818. The lowest BCUT2D eigenvalue weighted by Crippen LogP contribution is -2.27. The van der Waals surface area contributed by atoms with Crippen molar-refractivity contribution >= 4 is 17.7 Å². The molecular weight excluding hydrogens is 362 g/mol. The zero-order valence-electron chi connectivity index (χ0n) is 17.0. The van der Waals surface area contributed by atoms with E-state index in [0.29, 0.717) is 0 Å². The number of rotatable bonds is 6. The Hall–Kier alpha value is -2.52. The first-order chi connectivity index (χ1) is 13.5. The van der Waals surface area contributed by atoms with Crippen LogP contribution < -0.4 is 5.32 Å². The normalized spacial score (nSPS) is 11.9. The Balaban J connectivity index is 1.75. The van der Waals surface area contributed by atoms with Gasteiger partial charge in [0.25, 0.3) is 5.91 Å². The summed E-state index contributed by atoms with van der Waals surface area (Å²) in [5, 5.41) is 3.19. The van der Waals surface area contributed by atoms with Gasteiger partial charge >= 0.3 is 0 Å². The zero-order valence-corrected chi connectivity index (χ0v) is 17.8. The Morgan fingerprint density at radius 3 is 2.29 bits per heavy atom. The lowest BCUT2D eigenvalue weighted by Gasteiger charge is -2.19. The number of thioether (sulfide) groups is 1. The van der Waals surface area contributed by atoms with E-state index in [2.05, 4.69) is 57.3 Å². The SMILES string of the molecule is Cc1cc(C)c([C@@H](C)NC(=O)c2ccccc2SCc2ccccc2)cc1C. The van der Waals surface area contributed by atoms with Crippen LogP contribution in [0.3, 0.4) is 0 Å². The summed E-state index contributed by atoms with van der Waals surface area (Å²) in [6.07, 6.45) is 0. The third kappa shape index (κ3) is 4.85. The molecule has 0 aliphatic carbocycles. The first-order valence-corrected chi connectivity index (χ1v) is 10.6. The van der Waals surface area contributed by atoms with E-state index in [-0.39, 0.29) is 11.9 Å². The average molecular weight is 390 g/mol. The highest BCUT2D eigenvalue weighted by Crippen LogP contribution is 2.27.